The molecule has 6 nitrogen and oxygen atoms in total. The molecule has 0 N–H and O–H groups in total. The first-order valence-electron chi connectivity index (χ1n) is 9.72. The number of hydrogen-bond donors (Lipinski definition) is 0. The van der Waals surface area contributed by atoms with Crippen molar-refractivity contribution in [3.8, 4) is 18.1 Å². The number of ether oxygens (including phenoxy) is 2. The second-order valence-electron chi connectivity index (χ2n) is 8.09. The van der Waals surface area contributed by atoms with E-state index in [2.05, 4.69) is 5.92 Å². The van der Waals surface area contributed by atoms with Crippen LogP contribution in [0.3, 0.4) is 0 Å². The number of carbonyl (C=O) groups excluding carboxylic acids is 1. The summed E-state index contributed by atoms with van der Waals surface area (Å²) in [5.41, 5.74) is 2.37. The number of nitrogens with zero attached hydrogens (tertiary/aromatic N) is 2. The smallest absolute Gasteiger partial charge is 0.329 e. The van der Waals surface area contributed by atoms with Gasteiger partial charge in [-0.1, -0.05) is 18.2 Å². The molecule has 0 aliphatic rings. The standard InChI is InChI=1S/C24H26N2O4/c1-6-7-17-10-13-20-21(14-17)25(15-18-8-11-19(29-5)12-9-18)23(28)26(20)16-22(27)30-24(2,3)4/h1,8-14H,7,15-16H2,2-5H3. The Balaban J connectivity index is 2.06. The van der Waals surface area contributed by atoms with Crippen LogP contribution in [-0.4, -0.2) is 27.8 Å². The van der Waals surface area contributed by atoms with Crippen molar-refractivity contribution in [2.75, 3.05) is 7.11 Å². The maximum atomic E-state index is 13.2. The fraction of sp³-hybridized carbons (Fsp3) is 0.333. The Kier molecular flexibility index (Phi) is 6.02. The van der Waals surface area contributed by atoms with Crippen molar-refractivity contribution >= 4 is 17.0 Å². The van der Waals surface area contributed by atoms with Crippen molar-refractivity contribution in [2.24, 2.45) is 0 Å². The topological polar surface area (TPSA) is 62.5 Å². The molecule has 0 unspecified atom stereocenters. The van der Waals surface area contributed by atoms with Gasteiger partial charge < -0.3 is 9.47 Å². The van der Waals surface area contributed by atoms with E-state index in [1.807, 2.05) is 42.5 Å². The summed E-state index contributed by atoms with van der Waals surface area (Å²) in [6.45, 7) is 5.60. The number of rotatable bonds is 6. The third kappa shape index (κ3) is 4.74. The molecule has 1 aromatic heterocycles. The molecule has 6 heteroatoms. The highest BCUT2D eigenvalue weighted by molar-refractivity contribution is 5.80. The molecule has 0 aliphatic carbocycles. The summed E-state index contributed by atoms with van der Waals surface area (Å²) in [5, 5.41) is 0. The van der Waals surface area contributed by atoms with Crippen LogP contribution in [0.2, 0.25) is 0 Å². The molecule has 0 saturated carbocycles. The van der Waals surface area contributed by atoms with E-state index in [-0.39, 0.29) is 12.2 Å². The van der Waals surface area contributed by atoms with Crippen LogP contribution in [0.5, 0.6) is 5.75 Å². The van der Waals surface area contributed by atoms with Crippen molar-refractivity contribution < 1.29 is 14.3 Å². The van der Waals surface area contributed by atoms with Gasteiger partial charge in [0.25, 0.3) is 0 Å². The van der Waals surface area contributed by atoms with Gasteiger partial charge in [-0.05, 0) is 56.2 Å². The van der Waals surface area contributed by atoms with Crippen LogP contribution in [0, 0.1) is 12.3 Å². The lowest BCUT2D eigenvalue weighted by atomic mass is 10.1. The molecule has 0 radical (unpaired) electrons. The number of imidazole rings is 1. The first-order valence-corrected chi connectivity index (χ1v) is 9.72. The monoisotopic (exact) mass is 406 g/mol. The Morgan fingerprint density at radius 2 is 1.70 bits per heavy atom. The van der Waals surface area contributed by atoms with Crippen LogP contribution in [-0.2, 0) is 29.0 Å². The van der Waals surface area contributed by atoms with Crippen LogP contribution >= 0.6 is 0 Å². The van der Waals surface area contributed by atoms with Gasteiger partial charge in [-0.25, -0.2) is 4.79 Å². The molecule has 30 heavy (non-hydrogen) atoms. The number of carbonyl (C=O) groups is 1. The van der Waals surface area contributed by atoms with E-state index < -0.39 is 11.6 Å². The average Bonchev–Trinajstić information content (AvgIpc) is 2.93. The molecule has 3 aromatic rings. The first kappa shape index (κ1) is 21.3. The third-order valence-electron chi connectivity index (χ3n) is 4.60. The van der Waals surface area contributed by atoms with Gasteiger partial charge >= 0.3 is 11.7 Å². The summed E-state index contributed by atoms with van der Waals surface area (Å²) in [6.07, 6.45) is 5.92. The molecular formula is C24H26N2O4. The molecule has 3 rings (SSSR count). The van der Waals surface area contributed by atoms with Gasteiger partial charge in [0, 0.05) is 6.42 Å². The highest BCUT2D eigenvalue weighted by Crippen LogP contribution is 2.19. The Bertz CT molecular complexity index is 1160. The second kappa shape index (κ2) is 8.50. The lowest BCUT2D eigenvalue weighted by Crippen LogP contribution is -2.31. The van der Waals surface area contributed by atoms with Crippen LogP contribution in [0.25, 0.3) is 11.0 Å². The molecule has 0 atom stereocenters. The van der Waals surface area contributed by atoms with Crippen LogP contribution in [0.4, 0.5) is 0 Å². The summed E-state index contributed by atoms with van der Waals surface area (Å²) >= 11 is 0. The Morgan fingerprint density at radius 1 is 1.03 bits per heavy atom. The predicted molar refractivity (Wildman–Crippen MR) is 117 cm³/mol. The van der Waals surface area contributed by atoms with Crippen molar-refractivity contribution in [2.45, 2.75) is 45.9 Å². The lowest BCUT2D eigenvalue weighted by Gasteiger charge is -2.19. The predicted octanol–water partition coefficient (Wildman–Crippen LogP) is 3.38. The maximum Gasteiger partial charge on any atom is 0.329 e. The molecule has 2 aromatic carbocycles. The fourth-order valence-corrected chi connectivity index (χ4v) is 3.32. The van der Waals surface area contributed by atoms with E-state index in [4.69, 9.17) is 15.9 Å². The Labute approximate surface area is 176 Å². The van der Waals surface area contributed by atoms with Gasteiger partial charge in [0.1, 0.15) is 17.9 Å². The quantitative estimate of drug-likeness (QED) is 0.465. The Hall–Kier alpha value is -3.46. The second-order valence-corrected chi connectivity index (χ2v) is 8.09. The van der Waals surface area contributed by atoms with Crippen molar-refractivity contribution in [1.29, 1.82) is 0 Å². The average molecular weight is 406 g/mol. The molecule has 0 spiro atoms. The fourth-order valence-electron chi connectivity index (χ4n) is 3.32. The normalized spacial score (nSPS) is 11.3. The number of methoxy groups -OCH3 is 1. The van der Waals surface area contributed by atoms with Crippen LogP contribution in [0.1, 0.15) is 31.9 Å². The first-order chi connectivity index (χ1) is 14.2. The SMILES string of the molecule is C#CCc1ccc2c(c1)n(Cc1ccc(OC)cc1)c(=O)n2CC(=O)OC(C)(C)C. The molecule has 0 bridgehead atoms. The van der Waals surface area contributed by atoms with E-state index in [1.54, 1.807) is 32.4 Å². The largest absolute Gasteiger partial charge is 0.497 e. The minimum absolute atomic E-state index is 0.156. The van der Waals surface area contributed by atoms with Crippen LogP contribution < -0.4 is 10.4 Å². The van der Waals surface area contributed by atoms with Crippen molar-refractivity contribution in [3.05, 3.63) is 64.1 Å². The molecule has 1 heterocycles. The highest BCUT2D eigenvalue weighted by atomic mass is 16.6. The van der Waals surface area contributed by atoms with Crippen molar-refractivity contribution in [3.63, 3.8) is 0 Å². The zero-order chi connectivity index (χ0) is 21.9. The van der Waals surface area contributed by atoms with Gasteiger partial charge in [-0.15, -0.1) is 12.3 Å². The number of aromatic nitrogens is 2. The summed E-state index contributed by atoms with van der Waals surface area (Å²) in [4.78, 5) is 25.6. The zero-order valence-electron chi connectivity index (χ0n) is 17.8. The van der Waals surface area contributed by atoms with E-state index >= 15 is 0 Å². The number of fused-ring (bicyclic) bond motifs is 1. The third-order valence-corrected chi connectivity index (χ3v) is 4.60. The van der Waals surface area contributed by atoms with E-state index in [0.717, 1.165) is 22.4 Å². The molecule has 0 saturated heterocycles. The minimum Gasteiger partial charge on any atom is -0.497 e. The number of hydrogen-bond acceptors (Lipinski definition) is 4. The summed E-state index contributed by atoms with van der Waals surface area (Å²) < 4.78 is 13.7. The minimum atomic E-state index is -0.623. The maximum absolute atomic E-state index is 13.2. The molecule has 0 amide bonds. The van der Waals surface area contributed by atoms with Gasteiger partial charge in [0.2, 0.25) is 0 Å². The highest BCUT2D eigenvalue weighted by Gasteiger charge is 2.20. The zero-order valence-corrected chi connectivity index (χ0v) is 17.8. The Morgan fingerprint density at radius 3 is 2.30 bits per heavy atom. The van der Waals surface area contributed by atoms with Gasteiger partial charge in [0.15, 0.2) is 0 Å². The van der Waals surface area contributed by atoms with Gasteiger partial charge in [-0.2, -0.15) is 0 Å². The van der Waals surface area contributed by atoms with E-state index in [9.17, 15) is 9.59 Å². The molecular weight excluding hydrogens is 380 g/mol. The van der Waals surface area contributed by atoms with E-state index in [0.29, 0.717) is 18.5 Å². The summed E-state index contributed by atoms with van der Waals surface area (Å²) in [7, 11) is 1.61. The van der Waals surface area contributed by atoms with Gasteiger partial charge in [-0.3, -0.25) is 13.9 Å². The molecule has 156 valence electrons. The van der Waals surface area contributed by atoms with Gasteiger partial charge in [0.05, 0.1) is 24.7 Å². The molecule has 0 aliphatic heterocycles. The number of terminal acetylenes is 1. The van der Waals surface area contributed by atoms with E-state index in [1.165, 1.54) is 4.57 Å². The summed E-state index contributed by atoms with van der Waals surface area (Å²) in [5.74, 6) is 2.92. The number of esters is 1. The number of benzene rings is 2. The summed E-state index contributed by atoms with van der Waals surface area (Å²) in [6, 6.07) is 13.1. The van der Waals surface area contributed by atoms with Crippen molar-refractivity contribution in [1.82, 2.24) is 9.13 Å². The lowest BCUT2D eigenvalue weighted by molar-refractivity contribution is -0.155. The van der Waals surface area contributed by atoms with Crippen LogP contribution in [0.15, 0.2) is 47.3 Å². The molecule has 0 fully saturated rings.